The molecule has 0 saturated carbocycles. The van der Waals surface area contributed by atoms with E-state index in [9.17, 15) is 4.39 Å². The number of methoxy groups -OCH3 is 1. The Morgan fingerprint density at radius 1 is 1.40 bits per heavy atom. The Bertz CT molecular complexity index is 423. The summed E-state index contributed by atoms with van der Waals surface area (Å²) < 4.78 is 18.5. The van der Waals surface area contributed by atoms with Crippen molar-refractivity contribution in [2.24, 2.45) is 5.73 Å². The van der Waals surface area contributed by atoms with Gasteiger partial charge in [0.05, 0.1) is 11.6 Å². The van der Waals surface area contributed by atoms with Crippen molar-refractivity contribution in [2.75, 3.05) is 33.4 Å². The zero-order valence-corrected chi connectivity index (χ0v) is 13.6. The van der Waals surface area contributed by atoms with Gasteiger partial charge in [-0.3, -0.25) is 4.90 Å². The van der Waals surface area contributed by atoms with Crippen molar-refractivity contribution in [3.8, 4) is 0 Å². The minimum Gasteiger partial charge on any atom is -0.383 e. The van der Waals surface area contributed by atoms with Crippen molar-refractivity contribution in [2.45, 2.75) is 12.0 Å². The third-order valence-corrected chi connectivity index (χ3v) is 3.73. The third kappa shape index (κ3) is 4.72. The van der Waals surface area contributed by atoms with Crippen LogP contribution in [0.15, 0.2) is 18.2 Å². The van der Waals surface area contributed by atoms with Gasteiger partial charge in [0, 0.05) is 38.7 Å². The van der Waals surface area contributed by atoms with Gasteiger partial charge in [0.2, 0.25) is 0 Å². The highest BCUT2D eigenvalue weighted by Gasteiger charge is 2.31. The van der Waals surface area contributed by atoms with Crippen molar-refractivity contribution in [1.82, 2.24) is 4.90 Å². The van der Waals surface area contributed by atoms with Crippen molar-refractivity contribution in [1.29, 1.82) is 0 Å². The van der Waals surface area contributed by atoms with Crippen LogP contribution in [0, 0.1) is 5.82 Å². The average molecular weight is 346 g/mol. The first-order chi connectivity index (χ1) is 8.61. The summed E-state index contributed by atoms with van der Waals surface area (Å²) in [5.74, 6) is -0.217. The lowest BCUT2D eigenvalue weighted by atomic mass is 9.95. The van der Waals surface area contributed by atoms with Gasteiger partial charge in [-0.2, -0.15) is 0 Å². The molecule has 0 unspecified atom stereocenters. The fourth-order valence-corrected chi connectivity index (χ4v) is 2.53. The Labute approximate surface area is 136 Å². The summed E-state index contributed by atoms with van der Waals surface area (Å²) in [6.45, 7) is 3.20. The van der Waals surface area contributed by atoms with E-state index in [1.54, 1.807) is 13.2 Å². The molecule has 0 aliphatic carbocycles. The van der Waals surface area contributed by atoms with E-state index >= 15 is 0 Å². The largest absolute Gasteiger partial charge is 0.383 e. The number of ether oxygens (including phenoxy) is 1. The molecule has 1 fully saturated rings. The van der Waals surface area contributed by atoms with Crippen LogP contribution < -0.4 is 5.73 Å². The molecule has 1 aromatic rings. The maximum absolute atomic E-state index is 13.5. The summed E-state index contributed by atoms with van der Waals surface area (Å²) in [5, 5.41) is 0.154. The summed E-state index contributed by atoms with van der Waals surface area (Å²) in [5.41, 5.74) is 7.04. The van der Waals surface area contributed by atoms with Crippen LogP contribution in [0.1, 0.15) is 11.5 Å². The van der Waals surface area contributed by atoms with E-state index in [0.717, 1.165) is 25.2 Å². The first kappa shape index (κ1) is 19.9. The van der Waals surface area contributed by atoms with Crippen LogP contribution in [0.25, 0.3) is 0 Å². The first-order valence-electron chi connectivity index (χ1n) is 6.03. The zero-order valence-electron chi connectivity index (χ0n) is 11.2. The molecule has 1 aliphatic heterocycles. The van der Waals surface area contributed by atoms with E-state index in [4.69, 9.17) is 22.1 Å². The number of hydrogen-bond acceptors (Lipinski definition) is 3. The molecular weight excluding hydrogens is 326 g/mol. The molecule has 2 rings (SSSR count). The van der Waals surface area contributed by atoms with Crippen LogP contribution in [0.2, 0.25) is 5.02 Å². The van der Waals surface area contributed by atoms with Crippen molar-refractivity contribution in [3.05, 3.63) is 34.6 Å². The Morgan fingerprint density at radius 3 is 2.70 bits per heavy atom. The first-order valence-corrected chi connectivity index (χ1v) is 6.41. The van der Waals surface area contributed by atoms with Gasteiger partial charge in [-0.25, -0.2) is 4.39 Å². The van der Waals surface area contributed by atoms with Crippen LogP contribution in [-0.2, 0) is 4.74 Å². The zero-order chi connectivity index (χ0) is 13.1. The van der Waals surface area contributed by atoms with Crippen molar-refractivity contribution in [3.63, 3.8) is 0 Å². The predicted molar refractivity (Wildman–Crippen MR) is 84.9 cm³/mol. The van der Waals surface area contributed by atoms with Crippen LogP contribution in [0.5, 0.6) is 0 Å². The van der Waals surface area contributed by atoms with Crippen LogP contribution in [-0.4, -0.2) is 44.3 Å². The topological polar surface area (TPSA) is 38.5 Å². The molecule has 3 nitrogen and oxygen atoms in total. The van der Waals surface area contributed by atoms with Crippen LogP contribution in [0.4, 0.5) is 4.39 Å². The number of rotatable bonds is 4. The monoisotopic (exact) mass is 344 g/mol. The second-order valence-corrected chi connectivity index (χ2v) is 5.10. The highest BCUT2D eigenvalue weighted by Crippen LogP contribution is 2.28. The molecule has 0 bridgehead atoms. The molecule has 1 aliphatic rings. The van der Waals surface area contributed by atoms with E-state index in [-0.39, 0.29) is 47.6 Å². The number of halogens is 4. The number of nitrogens with zero attached hydrogens (tertiary/aromatic N) is 1. The molecule has 1 heterocycles. The van der Waals surface area contributed by atoms with Gasteiger partial charge in [-0.05, 0) is 17.7 Å². The Hall–Kier alpha value is -0.100. The molecule has 1 saturated heterocycles. The van der Waals surface area contributed by atoms with Gasteiger partial charge in [0.15, 0.2) is 0 Å². The maximum Gasteiger partial charge on any atom is 0.142 e. The third-order valence-electron chi connectivity index (χ3n) is 3.42. The van der Waals surface area contributed by atoms with Gasteiger partial charge in [-0.1, -0.05) is 17.7 Å². The number of nitrogens with two attached hydrogens (primary N) is 1. The second-order valence-electron chi connectivity index (χ2n) is 4.70. The van der Waals surface area contributed by atoms with E-state index < -0.39 is 0 Å². The molecule has 0 spiro atoms. The summed E-state index contributed by atoms with van der Waals surface area (Å²) >= 11 is 5.69. The van der Waals surface area contributed by atoms with Gasteiger partial charge >= 0.3 is 0 Å². The summed E-state index contributed by atoms with van der Waals surface area (Å²) in [6.07, 6.45) is 0. The van der Waals surface area contributed by atoms with Gasteiger partial charge in [0.1, 0.15) is 5.82 Å². The van der Waals surface area contributed by atoms with Crippen molar-refractivity contribution < 1.29 is 9.13 Å². The Morgan fingerprint density at radius 2 is 2.10 bits per heavy atom. The molecule has 116 valence electrons. The fraction of sp³-hybridized carbons (Fsp3) is 0.538. The summed E-state index contributed by atoms with van der Waals surface area (Å²) in [7, 11) is 1.68. The van der Waals surface area contributed by atoms with Gasteiger partial charge in [0.25, 0.3) is 0 Å². The Kier molecular flexibility index (Phi) is 8.98. The van der Waals surface area contributed by atoms with E-state index in [1.165, 1.54) is 6.07 Å². The molecule has 2 N–H and O–H groups in total. The van der Waals surface area contributed by atoms with E-state index in [2.05, 4.69) is 4.90 Å². The predicted octanol–water partition coefficient (Wildman–Crippen LogP) is 2.70. The highest BCUT2D eigenvalue weighted by molar-refractivity contribution is 6.30. The maximum atomic E-state index is 13.5. The van der Waals surface area contributed by atoms with Crippen LogP contribution in [0.3, 0.4) is 0 Å². The summed E-state index contributed by atoms with van der Waals surface area (Å²) in [4.78, 5) is 2.24. The lowest BCUT2D eigenvalue weighted by molar-refractivity contribution is 0.160. The molecule has 0 radical (unpaired) electrons. The number of likely N-dealkylation sites (tertiary alicyclic amines) is 1. The lowest BCUT2D eigenvalue weighted by Gasteiger charge is -2.15. The minimum absolute atomic E-state index is 0. The quantitative estimate of drug-likeness (QED) is 0.912. The molecule has 0 aromatic heterocycles. The van der Waals surface area contributed by atoms with E-state index in [0.29, 0.717) is 6.61 Å². The van der Waals surface area contributed by atoms with Crippen LogP contribution >= 0.6 is 36.4 Å². The molecule has 7 heteroatoms. The second kappa shape index (κ2) is 9.03. The number of benzene rings is 1. The smallest absolute Gasteiger partial charge is 0.142 e. The lowest BCUT2D eigenvalue weighted by Crippen LogP contribution is -2.30. The number of hydrogen-bond donors (Lipinski definition) is 1. The standard InChI is InChI=1S/C13H18ClFN2O.2ClH/c1-18-5-4-17-7-10(13(16)8-17)9-2-3-11(14)12(15)6-9;;/h2-3,6,10,13H,4-5,7-8,16H2,1H3;2*1H/t10-,13+;;/m1../s1. The SMILES string of the molecule is COCCN1C[C@H](c2ccc(Cl)c(F)c2)[C@@H](N)C1.Cl.Cl. The molecule has 1 aromatic carbocycles. The minimum atomic E-state index is -0.378. The summed E-state index contributed by atoms with van der Waals surface area (Å²) in [6, 6.07) is 4.97. The molecule has 20 heavy (non-hydrogen) atoms. The molecule has 2 atom stereocenters. The van der Waals surface area contributed by atoms with Gasteiger partial charge < -0.3 is 10.5 Å². The highest BCUT2D eigenvalue weighted by atomic mass is 35.5. The van der Waals surface area contributed by atoms with Gasteiger partial charge in [-0.15, -0.1) is 24.8 Å². The molecule has 0 amide bonds. The van der Waals surface area contributed by atoms with E-state index in [1.807, 2.05) is 6.07 Å². The molecular formula is C13H20Cl3FN2O. The fourth-order valence-electron chi connectivity index (χ4n) is 2.41. The normalized spacial score (nSPS) is 22.2. The van der Waals surface area contributed by atoms with Crippen molar-refractivity contribution >= 4 is 36.4 Å². The Balaban J connectivity index is 0.00000180. The average Bonchev–Trinajstić information content (AvgIpc) is 2.71.